The molecule has 0 spiro atoms. The summed E-state index contributed by atoms with van der Waals surface area (Å²) in [4.78, 5) is 14.1. The molecule has 2 fully saturated rings. The van der Waals surface area contributed by atoms with E-state index in [2.05, 4.69) is 26.1 Å². The lowest BCUT2D eigenvalue weighted by Crippen LogP contribution is -2.38. The topological polar surface area (TPSA) is 32.3 Å². The molecule has 1 N–H and O–H groups in total. The molecule has 0 aliphatic carbocycles. The molecule has 2 aliphatic rings. The zero-order chi connectivity index (χ0) is 12.7. The number of carbonyl (C=O) groups excluding carboxylic acids is 1. The van der Waals surface area contributed by atoms with Gasteiger partial charge in [-0.15, -0.1) is 0 Å². The van der Waals surface area contributed by atoms with Crippen molar-refractivity contribution in [1.29, 1.82) is 0 Å². The third-order valence-corrected chi connectivity index (χ3v) is 4.43. The molecule has 2 heterocycles. The molecule has 96 valence electrons. The number of benzene rings is 1. The van der Waals surface area contributed by atoms with Gasteiger partial charge in [-0.25, -0.2) is 4.39 Å². The second-order valence-electron chi connectivity index (χ2n) is 4.83. The van der Waals surface area contributed by atoms with E-state index >= 15 is 0 Å². The van der Waals surface area contributed by atoms with Crippen LogP contribution in [0.1, 0.15) is 31.0 Å². The number of rotatable bonds is 1. The van der Waals surface area contributed by atoms with Crippen LogP contribution in [0.2, 0.25) is 0 Å². The van der Waals surface area contributed by atoms with E-state index in [-0.39, 0.29) is 23.9 Å². The normalized spacial score (nSPS) is 28.0. The van der Waals surface area contributed by atoms with Crippen LogP contribution in [0.3, 0.4) is 0 Å². The molecule has 0 bridgehead atoms. The van der Waals surface area contributed by atoms with Crippen LogP contribution in [0.4, 0.5) is 4.39 Å². The average molecular weight is 313 g/mol. The van der Waals surface area contributed by atoms with Crippen LogP contribution in [-0.2, 0) is 4.79 Å². The minimum Gasteiger partial charge on any atom is -0.335 e. The molecule has 18 heavy (non-hydrogen) atoms. The largest absolute Gasteiger partial charge is 0.335 e. The van der Waals surface area contributed by atoms with E-state index in [0.29, 0.717) is 0 Å². The molecule has 0 radical (unpaired) electrons. The van der Waals surface area contributed by atoms with Crippen LogP contribution in [0.5, 0.6) is 0 Å². The van der Waals surface area contributed by atoms with Gasteiger partial charge in [-0.2, -0.15) is 0 Å². The van der Waals surface area contributed by atoms with Gasteiger partial charge in [0.15, 0.2) is 0 Å². The fourth-order valence-corrected chi connectivity index (χ4v) is 3.30. The Labute approximate surface area is 113 Å². The maximum Gasteiger partial charge on any atom is 0.238 e. The van der Waals surface area contributed by atoms with Crippen LogP contribution in [-0.4, -0.2) is 23.4 Å². The monoisotopic (exact) mass is 312 g/mol. The van der Waals surface area contributed by atoms with E-state index in [4.69, 9.17) is 0 Å². The molecule has 3 nitrogen and oxygen atoms in total. The predicted octanol–water partition coefficient (Wildman–Crippen LogP) is 2.57. The highest BCUT2D eigenvalue weighted by Crippen LogP contribution is 2.35. The molecule has 1 amide bonds. The van der Waals surface area contributed by atoms with E-state index in [1.807, 2.05) is 0 Å². The summed E-state index contributed by atoms with van der Waals surface area (Å²) in [7, 11) is 0. The number of carbonyl (C=O) groups is 1. The number of fused-ring (bicyclic) bond motifs is 1. The van der Waals surface area contributed by atoms with Gasteiger partial charge < -0.3 is 5.32 Å². The van der Waals surface area contributed by atoms with Gasteiger partial charge >= 0.3 is 0 Å². The van der Waals surface area contributed by atoms with Crippen molar-refractivity contribution in [3.8, 4) is 0 Å². The Balaban J connectivity index is 1.96. The summed E-state index contributed by atoms with van der Waals surface area (Å²) in [6.07, 6.45) is 2.88. The van der Waals surface area contributed by atoms with E-state index in [0.717, 1.165) is 35.8 Å². The lowest BCUT2D eigenvalue weighted by atomic mass is 10.0. The summed E-state index contributed by atoms with van der Waals surface area (Å²) in [6, 6.07) is 4.55. The molecule has 2 saturated heterocycles. The number of nitrogens with zero attached hydrogens (tertiary/aromatic N) is 1. The summed E-state index contributed by atoms with van der Waals surface area (Å²) in [5.41, 5.74) is 0.799. The Bertz CT molecular complexity index is 494. The fraction of sp³-hybridized carbons (Fsp3) is 0.462. The molecule has 0 saturated carbocycles. The first-order chi connectivity index (χ1) is 8.66. The van der Waals surface area contributed by atoms with Crippen molar-refractivity contribution in [3.63, 3.8) is 0 Å². The minimum atomic E-state index is -0.275. The number of piperidine rings is 1. The number of amides is 1. The standard InChI is InChI=1S/C13H14BrFN2O/c14-10-5-4-8(15)7-9(10)12-16-13(18)11-3-1-2-6-17(11)12/h4-5,7,11-12H,1-3,6H2,(H,16,18). The van der Waals surface area contributed by atoms with Gasteiger partial charge in [-0.05, 0) is 31.0 Å². The van der Waals surface area contributed by atoms with Gasteiger partial charge in [0.1, 0.15) is 12.0 Å². The van der Waals surface area contributed by atoms with Gasteiger partial charge in [-0.1, -0.05) is 22.4 Å². The summed E-state index contributed by atoms with van der Waals surface area (Å²) in [6.45, 7) is 0.886. The van der Waals surface area contributed by atoms with E-state index < -0.39 is 0 Å². The van der Waals surface area contributed by atoms with Crippen molar-refractivity contribution < 1.29 is 9.18 Å². The van der Waals surface area contributed by atoms with Gasteiger partial charge in [-0.3, -0.25) is 9.69 Å². The van der Waals surface area contributed by atoms with Crippen molar-refractivity contribution >= 4 is 21.8 Å². The molecule has 3 rings (SSSR count). The third kappa shape index (κ3) is 1.95. The van der Waals surface area contributed by atoms with Crippen molar-refractivity contribution in [3.05, 3.63) is 34.1 Å². The molecule has 1 aromatic rings. The number of halogens is 2. The second-order valence-corrected chi connectivity index (χ2v) is 5.68. The first-order valence-corrected chi connectivity index (χ1v) is 6.97. The molecule has 1 aromatic carbocycles. The third-order valence-electron chi connectivity index (χ3n) is 3.71. The molecular weight excluding hydrogens is 299 g/mol. The molecule has 5 heteroatoms. The molecule has 2 unspecified atom stereocenters. The first-order valence-electron chi connectivity index (χ1n) is 6.18. The van der Waals surface area contributed by atoms with Gasteiger partial charge in [0, 0.05) is 16.6 Å². The molecular formula is C13H14BrFN2O. The van der Waals surface area contributed by atoms with E-state index in [1.54, 1.807) is 6.07 Å². The van der Waals surface area contributed by atoms with E-state index in [1.165, 1.54) is 12.1 Å². The number of nitrogens with one attached hydrogen (secondary N) is 1. The van der Waals surface area contributed by atoms with Gasteiger partial charge in [0.25, 0.3) is 0 Å². The summed E-state index contributed by atoms with van der Waals surface area (Å²) >= 11 is 3.43. The molecule has 0 aromatic heterocycles. The number of hydrogen-bond acceptors (Lipinski definition) is 2. The SMILES string of the molecule is O=C1NC(c2cc(F)ccc2Br)N2CCCCC12. The highest BCUT2D eigenvalue weighted by molar-refractivity contribution is 9.10. The quantitative estimate of drug-likeness (QED) is 0.864. The Morgan fingerprint density at radius 2 is 2.22 bits per heavy atom. The maximum atomic E-state index is 13.4. The van der Waals surface area contributed by atoms with Gasteiger partial charge in [0.2, 0.25) is 5.91 Å². The van der Waals surface area contributed by atoms with Crippen molar-refractivity contribution in [2.24, 2.45) is 0 Å². The van der Waals surface area contributed by atoms with Crippen LogP contribution < -0.4 is 5.32 Å². The van der Waals surface area contributed by atoms with Crippen LogP contribution >= 0.6 is 15.9 Å². The highest BCUT2D eigenvalue weighted by Gasteiger charge is 2.42. The number of hydrogen-bond donors (Lipinski definition) is 1. The van der Waals surface area contributed by atoms with Crippen LogP contribution in [0, 0.1) is 5.82 Å². The van der Waals surface area contributed by atoms with Crippen molar-refractivity contribution in [2.45, 2.75) is 31.5 Å². The summed E-state index contributed by atoms with van der Waals surface area (Å²) in [5.74, 6) is -0.209. The van der Waals surface area contributed by atoms with Crippen LogP contribution in [0.15, 0.2) is 22.7 Å². The Morgan fingerprint density at radius 3 is 3.06 bits per heavy atom. The zero-order valence-corrected chi connectivity index (χ0v) is 11.4. The molecule has 2 atom stereocenters. The maximum absolute atomic E-state index is 13.4. The van der Waals surface area contributed by atoms with Crippen LogP contribution in [0.25, 0.3) is 0 Å². The predicted molar refractivity (Wildman–Crippen MR) is 69.3 cm³/mol. The fourth-order valence-electron chi connectivity index (χ4n) is 2.84. The summed E-state index contributed by atoms with van der Waals surface area (Å²) in [5, 5.41) is 2.97. The Kier molecular flexibility index (Phi) is 3.11. The lowest BCUT2D eigenvalue weighted by molar-refractivity contribution is -0.122. The van der Waals surface area contributed by atoms with E-state index in [9.17, 15) is 9.18 Å². The Morgan fingerprint density at radius 1 is 1.39 bits per heavy atom. The van der Waals surface area contributed by atoms with Crippen molar-refractivity contribution in [1.82, 2.24) is 10.2 Å². The minimum absolute atomic E-state index is 0.0427. The smallest absolute Gasteiger partial charge is 0.238 e. The second kappa shape index (κ2) is 4.63. The van der Waals surface area contributed by atoms with Crippen molar-refractivity contribution in [2.75, 3.05) is 6.54 Å². The molecule has 2 aliphatic heterocycles. The Hall–Kier alpha value is -0.940. The highest BCUT2D eigenvalue weighted by atomic mass is 79.9. The average Bonchev–Trinajstić information content (AvgIpc) is 2.71. The zero-order valence-electron chi connectivity index (χ0n) is 9.83. The summed E-state index contributed by atoms with van der Waals surface area (Å²) < 4.78 is 14.2. The first kappa shape index (κ1) is 12.1. The lowest BCUT2D eigenvalue weighted by Gasteiger charge is -2.31. The van der Waals surface area contributed by atoms with Gasteiger partial charge in [0.05, 0.1) is 6.04 Å².